The van der Waals surface area contributed by atoms with E-state index in [1.165, 1.54) is 6.07 Å². The zero-order valence-electron chi connectivity index (χ0n) is 11.0. The van der Waals surface area contributed by atoms with Gasteiger partial charge in [0.15, 0.2) is 0 Å². The number of esters is 1. The summed E-state index contributed by atoms with van der Waals surface area (Å²) >= 11 is 11.5. The molecule has 0 saturated carbocycles. The van der Waals surface area contributed by atoms with Crippen molar-refractivity contribution >= 4 is 41.0 Å². The van der Waals surface area contributed by atoms with E-state index in [1.54, 1.807) is 6.07 Å². The van der Waals surface area contributed by atoms with Gasteiger partial charge in [-0.1, -0.05) is 23.2 Å². The van der Waals surface area contributed by atoms with Gasteiger partial charge in [-0.15, -0.1) is 0 Å². The summed E-state index contributed by atoms with van der Waals surface area (Å²) in [6.45, 7) is 0.00677. The number of imide groups is 1. The Balaban J connectivity index is 1.80. The van der Waals surface area contributed by atoms with Gasteiger partial charge in [0.1, 0.15) is 16.9 Å². The Bertz CT molecular complexity index is 576. The standard InChI is InChI=1S/C13H12Cl2N2O4/c14-9-2-1-8(13(15)16-9)7-21-12(20)5-6-17-10(18)3-4-11(17)19/h1-2H,3-7H2. The molecule has 6 nitrogen and oxygen atoms in total. The van der Waals surface area contributed by atoms with Crippen LogP contribution in [0, 0.1) is 0 Å². The third-order valence-corrected chi connectivity index (χ3v) is 3.51. The SMILES string of the molecule is O=C(CCN1C(=O)CCC1=O)OCc1ccc(Cl)nc1Cl. The highest BCUT2D eigenvalue weighted by atomic mass is 35.5. The number of halogens is 2. The fraction of sp³-hybridized carbons (Fsp3) is 0.385. The molecule has 1 saturated heterocycles. The van der Waals surface area contributed by atoms with Gasteiger partial charge in [0, 0.05) is 24.9 Å². The third-order valence-electron chi connectivity index (χ3n) is 2.98. The highest BCUT2D eigenvalue weighted by Gasteiger charge is 2.28. The van der Waals surface area contributed by atoms with Crippen LogP contribution >= 0.6 is 23.2 Å². The first kappa shape index (κ1) is 15.7. The summed E-state index contributed by atoms with van der Waals surface area (Å²) in [4.78, 5) is 39.2. The lowest BCUT2D eigenvalue weighted by molar-refractivity contribution is -0.146. The molecule has 2 rings (SSSR count). The van der Waals surface area contributed by atoms with Crippen molar-refractivity contribution in [2.45, 2.75) is 25.9 Å². The normalized spacial score (nSPS) is 14.7. The molecule has 0 atom stereocenters. The number of carbonyl (C=O) groups is 3. The van der Waals surface area contributed by atoms with E-state index >= 15 is 0 Å². The molecule has 1 aliphatic rings. The van der Waals surface area contributed by atoms with E-state index in [9.17, 15) is 14.4 Å². The maximum Gasteiger partial charge on any atom is 0.307 e. The van der Waals surface area contributed by atoms with Crippen molar-refractivity contribution in [2.75, 3.05) is 6.54 Å². The van der Waals surface area contributed by atoms with Crippen molar-refractivity contribution in [1.82, 2.24) is 9.88 Å². The fourth-order valence-corrected chi connectivity index (χ4v) is 2.25. The predicted molar refractivity (Wildman–Crippen MR) is 74.6 cm³/mol. The molecule has 2 heterocycles. The second kappa shape index (κ2) is 6.87. The monoisotopic (exact) mass is 330 g/mol. The molecule has 0 N–H and O–H groups in total. The minimum Gasteiger partial charge on any atom is -0.461 e. The zero-order chi connectivity index (χ0) is 15.4. The van der Waals surface area contributed by atoms with Crippen molar-refractivity contribution in [3.63, 3.8) is 0 Å². The Labute approximate surface area is 131 Å². The van der Waals surface area contributed by atoms with Crippen molar-refractivity contribution in [1.29, 1.82) is 0 Å². The molecule has 1 fully saturated rings. The van der Waals surface area contributed by atoms with Crippen LogP contribution in [0.25, 0.3) is 0 Å². The number of likely N-dealkylation sites (tertiary alicyclic amines) is 1. The van der Waals surface area contributed by atoms with Crippen LogP contribution < -0.4 is 0 Å². The van der Waals surface area contributed by atoms with Gasteiger partial charge in [-0.05, 0) is 12.1 Å². The summed E-state index contributed by atoms with van der Waals surface area (Å²) in [7, 11) is 0. The first-order valence-corrected chi connectivity index (χ1v) is 7.02. The van der Waals surface area contributed by atoms with Crippen LogP contribution in [0.4, 0.5) is 0 Å². The molecule has 2 amide bonds. The first-order valence-electron chi connectivity index (χ1n) is 6.27. The maximum atomic E-state index is 11.6. The van der Waals surface area contributed by atoms with Gasteiger partial charge < -0.3 is 4.74 Å². The van der Waals surface area contributed by atoms with Crippen LogP contribution in [0.3, 0.4) is 0 Å². The number of carbonyl (C=O) groups excluding carboxylic acids is 3. The number of hydrogen-bond donors (Lipinski definition) is 0. The summed E-state index contributed by atoms with van der Waals surface area (Å²) in [5, 5.41) is 0.418. The van der Waals surface area contributed by atoms with Crippen molar-refractivity contribution < 1.29 is 19.1 Å². The molecule has 0 aromatic carbocycles. The average Bonchev–Trinajstić information content (AvgIpc) is 2.75. The molecule has 8 heteroatoms. The fourth-order valence-electron chi connectivity index (χ4n) is 1.85. The van der Waals surface area contributed by atoms with Crippen molar-refractivity contribution in [3.05, 3.63) is 28.0 Å². The van der Waals surface area contributed by atoms with Crippen LogP contribution in [-0.2, 0) is 25.7 Å². The molecule has 1 aliphatic heterocycles. The van der Waals surface area contributed by atoms with Crippen LogP contribution in [0.15, 0.2) is 12.1 Å². The summed E-state index contributed by atoms with van der Waals surface area (Å²) in [6.07, 6.45) is 0.371. The largest absolute Gasteiger partial charge is 0.461 e. The molecule has 0 unspecified atom stereocenters. The number of hydrogen-bond acceptors (Lipinski definition) is 5. The van der Waals surface area contributed by atoms with Crippen LogP contribution in [0.5, 0.6) is 0 Å². The summed E-state index contributed by atoms with van der Waals surface area (Å²) in [5.41, 5.74) is 0.530. The summed E-state index contributed by atoms with van der Waals surface area (Å²) in [5.74, 6) is -1.02. The number of nitrogens with zero attached hydrogens (tertiary/aromatic N) is 2. The van der Waals surface area contributed by atoms with E-state index in [0.717, 1.165) is 4.90 Å². The number of ether oxygens (including phenoxy) is 1. The molecule has 1 aromatic rings. The number of aromatic nitrogens is 1. The molecule has 0 radical (unpaired) electrons. The summed E-state index contributed by atoms with van der Waals surface area (Å²) < 4.78 is 5.02. The Morgan fingerprint density at radius 3 is 2.52 bits per heavy atom. The molecule has 0 bridgehead atoms. The first-order chi connectivity index (χ1) is 9.97. The van der Waals surface area contributed by atoms with Crippen LogP contribution in [0.1, 0.15) is 24.8 Å². The second-order valence-electron chi connectivity index (χ2n) is 4.43. The minimum atomic E-state index is -0.520. The lowest BCUT2D eigenvalue weighted by Gasteiger charge is -2.13. The van der Waals surface area contributed by atoms with Gasteiger partial charge in [0.05, 0.1) is 6.42 Å². The highest BCUT2D eigenvalue weighted by molar-refractivity contribution is 6.32. The van der Waals surface area contributed by atoms with Gasteiger partial charge in [0.25, 0.3) is 0 Å². The van der Waals surface area contributed by atoms with Gasteiger partial charge >= 0.3 is 5.97 Å². The molecule has 1 aromatic heterocycles. The Kier molecular flexibility index (Phi) is 5.14. The molecule has 0 aliphatic carbocycles. The molecule has 0 spiro atoms. The molecular weight excluding hydrogens is 319 g/mol. The van der Waals surface area contributed by atoms with E-state index < -0.39 is 5.97 Å². The number of rotatable bonds is 5. The topological polar surface area (TPSA) is 76.6 Å². The van der Waals surface area contributed by atoms with Crippen molar-refractivity contribution in [3.8, 4) is 0 Å². The van der Waals surface area contributed by atoms with Crippen LogP contribution in [0.2, 0.25) is 10.3 Å². The smallest absolute Gasteiger partial charge is 0.307 e. The van der Waals surface area contributed by atoms with E-state index in [-0.39, 0.29) is 54.5 Å². The maximum absolute atomic E-state index is 11.6. The Morgan fingerprint density at radius 2 is 1.90 bits per heavy atom. The average molecular weight is 331 g/mol. The van der Waals surface area contributed by atoms with E-state index in [1.807, 2.05) is 0 Å². The molecule has 21 heavy (non-hydrogen) atoms. The van der Waals surface area contributed by atoms with Gasteiger partial charge in [-0.2, -0.15) is 0 Å². The quantitative estimate of drug-likeness (QED) is 0.468. The van der Waals surface area contributed by atoms with Gasteiger partial charge in [-0.3, -0.25) is 19.3 Å². The highest BCUT2D eigenvalue weighted by Crippen LogP contribution is 2.18. The Hall–Kier alpha value is -1.66. The lowest BCUT2D eigenvalue weighted by Crippen LogP contribution is -2.31. The zero-order valence-corrected chi connectivity index (χ0v) is 12.5. The van der Waals surface area contributed by atoms with Crippen LogP contribution in [-0.4, -0.2) is 34.2 Å². The van der Waals surface area contributed by atoms with Crippen molar-refractivity contribution in [2.24, 2.45) is 0 Å². The lowest BCUT2D eigenvalue weighted by atomic mass is 10.3. The van der Waals surface area contributed by atoms with Gasteiger partial charge in [0.2, 0.25) is 11.8 Å². The molecule has 112 valence electrons. The molecular formula is C13H12Cl2N2O4. The second-order valence-corrected chi connectivity index (χ2v) is 5.18. The summed E-state index contributed by atoms with van der Waals surface area (Å²) in [6, 6.07) is 3.15. The Morgan fingerprint density at radius 1 is 1.24 bits per heavy atom. The number of amides is 2. The van der Waals surface area contributed by atoms with E-state index in [2.05, 4.69) is 4.98 Å². The third kappa shape index (κ3) is 4.15. The predicted octanol–water partition coefficient (Wildman–Crippen LogP) is 1.97. The van der Waals surface area contributed by atoms with Gasteiger partial charge in [-0.25, -0.2) is 4.98 Å². The number of pyridine rings is 1. The minimum absolute atomic E-state index is 0.0380. The van der Waals surface area contributed by atoms with E-state index in [4.69, 9.17) is 27.9 Å². The van der Waals surface area contributed by atoms with E-state index in [0.29, 0.717) is 5.56 Å².